The minimum Gasteiger partial charge on any atom is -0.481 e. The van der Waals surface area contributed by atoms with Gasteiger partial charge in [0.05, 0.1) is 5.41 Å². The molecule has 1 amide bonds. The number of aliphatic carboxylic acids is 1. The molecule has 5 heteroatoms. The van der Waals surface area contributed by atoms with E-state index >= 15 is 0 Å². The SMILES string of the molecule is CC(C)(CNC(=O)O)C(=O)O. The second-order valence-electron chi connectivity index (χ2n) is 2.85. The van der Waals surface area contributed by atoms with E-state index in [9.17, 15) is 9.59 Å². The van der Waals surface area contributed by atoms with Crippen LogP contribution >= 0.6 is 0 Å². The van der Waals surface area contributed by atoms with Crippen molar-refractivity contribution >= 4 is 12.1 Å². The molecule has 0 bridgehead atoms. The minimum atomic E-state index is -1.21. The van der Waals surface area contributed by atoms with Gasteiger partial charge >= 0.3 is 12.1 Å². The van der Waals surface area contributed by atoms with Crippen molar-refractivity contribution in [3.8, 4) is 0 Å². The largest absolute Gasteiger partial charge is 0.481 e. The predicted octanol–water partition coefficient (Wildman–Crippen LogP) is 0.365. The lowest BCUT2D eigenvalue weighted by molar-refractivity contribution is -0.146. The molecule has 64 valence electrons. The third-order valence-corrected chi connectivity index (χ3v) is 1.26. The van der Waals surface area contributed by atoms with Crippen molar-refractivity contribution in [2.24, 2.45) is 5.41 Å². The van der Waals surface area contributed by atoms with Crippen molar-refractivity contribution in [2.45, 2.75) is 13.8 Å². The van der Waals surface area contributed by atoms with Gasteiger partial charge in [-0.25, -0.2) is 4.79 Å². The zero-order chi connectivity index (χ0) is 9.07. The van der Waals surface area contributed by atoms with Gasteiger partial charge in [0.1, 0.15) is 0 Å². The molecule has 0 aliphatic rings. The average molecular weight is 161 g/mol. The number of carboxylic acids is 1. The lowest BCUT2D eigenvalue weighted by Gasteiger charge is -2.17. The minimum absolute atomic E-state index is 0.0856. The first kappa shape index (κ1) is 9.74. The first-order valence-electron chi connectivity index (χ1n) is 3.06. The lowest BCUT2D eigenvalue weighted by atomic mass is 9.94. The Morgan fingerprint density at radius 3 is 2.09 bits per heavy atom. The van der Waals surface area contributed by atoms with Gasteiger partial charge in [0, 0.05) is 6.54 Å². The van der Waals surface area contributed by atoms with Crippen molar-refractivity contribution in [3.63, 3.8) is 0 Å². The van der Waals surface area contributed by atoms with Crippen LogP contribution in [0.3, 0.4) is 0 Å². The average Bonchev–Trinajstić information content (AvgIpc) is 1.84. The summed E-state index contributed by atoms with van der Waals surface area (Å²) < 4.78 is 0. The van der Waals surface area contributed by atoms with E-state index in [1.807, 2.05) is 5.32 Å². The molecule has 0 aromatic carbocycles. The zero-order valence-corrected chi connectivity index (χ0v) is 6.42. The van der Waals surface area contributed by atoms with Gasteiger partial charge in [0.25, 0.3) is 0 Å². The number of rotatable bonds is 3. The molecule has 0 aromatic rings. The van der Waals surface area contributed by atoms with E-state index in [2.05, 4.69) is 0 Å². The summed E-state index contributed by atoms with van der Waals surface area (Å²) in [4.78, 5) is 20.4. The second-order valence-corrected chi connectivity index (χ2v) is 2.85. The Labute approximate surface area is 64.0 Å². The molecule has 0 rings (SSSR count). The molecule has 0 radical (unpaired) electrons. The summed E-state index contributed by atoms with van der Waals surface area (Å²) in [6.45, 7) is 2.81. The molecule has 0 saturated carbocycles. The van der Waals surface area contributed by atoms with Crippen molar-refractivity contribution in [3.05, 3.63) is 0 Å². The highest BCUT2D eigenvalue weighted by atomic mass is 16.4. The molecular formula is C6H11NO4. The Morgan fingerprint density at radius 2 is 1.82 bits per heavy atom. The summed E-state index contributed by atoms with van der Waals surface area (Å²) in [6, 6.07) is 0. The van der Waals surface area contributed by atoms with Gasteiger partial charge in [-0.15, -0.1) is 0 Å². The van der Waals surface area contributed by atoms with Gasteiger partial charge in [-0.05, 0) is 13.8 Å². The monoisotopic (exact) mass is 161 g/mol. The normalized spacial score (nSPS) is 10.7. The Bertz CT molecular complexity index is 175. The molecule has 0 saturated heterocycles. The van der Waals surface area contributed by atoms with Gasteiger partial charge in [0.15, 0.2) is 0 Å². The van der Waals surface area contributed by atoms with E-state index < -0.39 is 17.5 Å². The van der Waals surface area contributed by atoms with Crippen molar-refractivity contribution < 1.29 is 19.8 Å². The molecule has 0 spiro atoms. The maximum atomic E-state index is 10.4. The van der Waals surface area contributed by atoms with E-state index in [1.54, 1.807) is 0 Å². The van der Waals surface area contributed by atoms with E-state index in [0.717, 1.165) is 0 Å². The Balaban J connectivity index is 3.92. The third kappa shape index (κ3) is 3.44. The fraction of sp³-hybridized carbons (Fsp3) is 0.667. The first-order valence-corrected chi connectivity index (χ1v) is 3.06. The van der Waals surface area contributed by atoms with Crippen LogP contribution in [-0.2, 0) is 4.79 Å². The Morgan fingerprint density at radius 1 is 1.36 bits per heavy atom. The lowest BCUT2D eigenvalue weighted by Crippen LogP contribution is -2.38. The van der Waals surface area contributed by atoms with E-state index in [4.69, 9.17) is 10.2 Å². The molecular weight excluding hydrogens is 150 g/mol. The molecule has 5 nitrogen and oxygen atoms in total. The van der Waals surface area contributed by atoms with Crippen LogP contribution in [-0.4, -0.2) is 28.8 Å². The summed E-state index contributed by atoms with van der Waals surface area (Å²) in [6.07, 6.45) is -1.21. The van der Waals surface area contributed by atoms with Crippen LogP contribution in [0, 0.1) is 5.41 Å². The quantitative estimate of drug-likeness (QED) is 0.558. The Kier molecular flexibility index (Phi) is 2.86. The van der Waals surface area contributed by atoms with E-state index in [1.165, 1.54) is 13.8 Å². The smallest absolute Gasteiger partial charge is 0.404 e. The molecule has 0 unspecified atom stereocenters. The van der Waals surface area contributed by atoms with Crippen molar-refractivity contribution in [1.82, 2.24) is 5.32 Å². The fourth-order valence-corrected chi connectivity index (χ4v) is 0.372. The van der Waals surface area contributed by atoms with E-state index in [0.29, 0.717) is 0 Å². The van der Waals surface area contributed by atoms with Crippen LogP contribution in [0.5, 0.6) is 0 Å². The third-order valence-electron chi connectivity index (χ3n) is 1.26. The van der Waals surface area contributed by atoms with Crippen LogP contribution in [0.4, 0.5) is 4.79 Å². The molecule has 0 fully saturated rings. The van der Waals surface area contributed by atoms with Crippen LogP contribution in [0.25, 0.3) is 0 Å². The van der Waals surface area contributed by atoms with Crippen LogP contribution in [0.2, 0.25) is 0 Å². The second kappa shape index (κ2) is 3.23. The molecule has 0 aliphatic heterocycles. The van der Waals surface area contributed by atoms with Gasteiger partial charge in [-0.1, -0.05) is 0 Å². The van der Waals surface area contributed by atoms with Crippen LogP contribution < -0.4 is 5.32 Å². The van der Waals surface area contributed by atoms with Gasteiger partial charge in [0.2, 0.25) is 0 Å². The van der Waals surface area contributed by atoms with Crippen LogP contribution in [0.15, 0.2) is 0 Å². The number of amides is 1. The van der Waals surface area contributed by atoms with Crippen molar-refractivity contribution in [1.29, 1.82) is 0 Å². The topological polar surface area (TPSA) is 86.6 Å². The van der Waals surface area contributed by atoms with E-state index in [-0.39, 0.29) is 6.54 Å². The number of hydrogen-bond donors (Lipinski definition) is 3. The number of carbonyl (C=O) groups is 2. The number of nitrogens with one attached hydrogen (secondary N) is 1. The summed E-state index contributed by atoms with van der Waals surface area (Å²) in [5.74, 6) is -1.02. The standard InChI is InChI=1S/C6H11NO4/c1-6(2,4(8)9)3-7-5(10)11/h7H,3H2,1-2H3,(H,8,9)(H,10,11). The molecule has 11 heavy (non-hydrogen) atoms. The number of carboxylic acid groups (broad SMARTS) is 2. The molecule has 0 aliphatic carbocycles. The Hall–Kier alpha value is -1.26. The molecule has 0 heterocycles. The van der Waals surface area contributed by atoms with Crippen molar-refractivity contribution in [2.75, 3.05) is 6.54 Å². The maximum Gasteiger partial charge on any atom is 0.404 e. The number of hydrogen-bond acceptors (Lipinski definition) is 2. The summed E-state index contributed by atoms with van der Waals surface area (Å²) >= 11 is 0. The molecule has 0 atom stereocenters. The predicted molar refractivity (Wildman–Crippen MR) is 37.4 cm³/mol. The fourth-order valence-electron chi connectivity index (χ4n) is 0.372. The summed E-state index contributed by atoms with van der Waals surface area (Å²) in [5.41, 5.74) is -1.04. The van der Waals surface area contributed by atoms with Gasteiger partial charge < -0.3 is 15.5 Å². The van der Waals surface area contributed by atoms with Gasteiger partial charge in [-0.2, -0.15) is 0 Å². The first-order chi connectivity index (χ1) is 4.86. The summed E-state index contributed by atoms with van der Waals surface area (Å²) in [7, 11) is 0. The van der Waals surface area contributed by atoms with Gasteiger partial charge in [-0.3, -0.25) is 4.79 Å². The highest BCUT2D eigenvalue weighted by Crippen LogP contribution is 2.12. The molecule has 0 aromatic heterocycles. The highest BCUT2D eigenvalue weighted by molar-refractivity contribution is 5.75. The molecule has 3 N–H and O–H groups in total. The maximum absolute atomic E-state index is 10.4. The zero-order valence-electron chi connectivity index (χ0n) is 6.42. The van der Waals surface area contributed by atoms with Crippen LogP contribution in [0.1, 0.15) is 13.8 Å². The summed E-state index contributed by atoms with van der Waals surface area (Å²) in [5, 5.41) is 18.7. The highest BCUT2D eigenvalue weighted by Gasteiger charge is 2.27.